The van der Waals surface area contributed by atoms with Crippen LogP contribution in [0.25, 0.3) is 10.8 Å². The number of nitrogens with two attached hydrogens (primary N) is 1. The molecule has 0 bridgehead atoms. The topological polar surface area (TPSA) is 55.5 Å². The molecule has 0 spiro atoms. The van der Waals surface area contributed by atoms with Gasteiger partial charge in [0, 0.05) is 6.61 Å². The van der Waals surface area contributed by atoms with Crippen LogP contribution < -0.4 is 10.5 Å². The normalized spacial score (nSPS) is 12.6. The number of aliphatic hydroxyl groups excluding tert-OH is 1. The number of rotatable bonds is 5. The summed E-state index contributed by atoms with van der Waals surface area (Å²) in [6.07, 6.45) is 0.814. The maximum absolute atomic E-state index is 9.17. The largest absolute Gasteiger partial charge is 0.497 e. The average molecular weight is 245 g/mol. The number of aliphatic hydroxyl groups is 1. The Hall–Kier alpha value is -1.58. The van der Waals surface area contributed by atoms with Crippen LogP contribution >= 0.6 is 0 Å². The van der Waals surface area contributed by atoms with E-state index in [1.54, 1.807) is 7.11 Å². The van der Waals surface area contributed by atoms with Crippen LogP contribution in [0.3, 0.4) is 0 Å². The van der Waals surface area contributed by atoms with Gasteiger partial charge in [0.1, 0.15) is 5.75 Å². The van der Waals surface area contributed by atoms with E-state index in [1.165, 1.54) is 10.9 Å². The van der Waals surface area contributed by atoms with Gasteiger partial charge in [-0.3, -0.25) is 0 Å². The standard InChI is InChI=1S/C15H19NO2/c1-18-15-5-4-13-7-11(2-3-14(13)8-15)6-12(9-16)10-17/h2-5,7-8,12,17H,6,9-10,16H2,1H3. The molecule has 0 saturated heterocycles. The molecule has 0 aliphatic rings. The van der Waals surface area contributed by atoms with Crippen molar-refractivity contribution in [2.24, 2.45) is 11.7 Å². The summed E-state index contributed by atoms with van der Waals surface area (Å²) in [7, 11) is 1.67. The first-order valence-corrected chi connectivity index (χ1v) is 6.14. The van der Waals surface area contributed by atoms with Crippen LogP contribution in [0.15, 0.2) is 36.4 Å². The van der Waals surface area contributed by atoms with Crippen LogP contribution in [0.2, 0.25) is 0 Å². The van der Waals surface area contributed by atoms with E-state index < -0.39 is 0 Å². The van der Waals surface area contributed by atoms with Crippen LogP contribution in [0.1, 0.15) is 5.56 Å². The van der Waals surface area contributed by atoms with Gasteiger partial charge in [-0.1, -0.05) is 24.3 Å². The number of fused-ring (bicyclic) bond motifs is 1. The molecule has 3 nitrogen and oxygen atoms in total. The molecule has 3 heteroatoms. The third kappa shape index (κ3) is 2.81. The predicted molar refractivity (Wildman–Crippen MR) is 73.8 cm³/mol. The highest BCUT2D eigenvalue weighted by atomic mass is 16.5. The summed E-state index contributed by atoms with van der Waals surface area (Å²) in [5.41, 5.74) is 6.81. The summed E-state index contributed by atoms with van der Waals surface area (Å²) in [5, 5.41) is 11.5. The summed E-state index contributed by atoms with van der Waals surface area (Å²) >= 11 is 0. The third-order valence-corrected chi connectivity index (χ3v) is 3.23. The summed E-state index contributed by atoms with van der Waals surface area (Å²) in [5.74, 6) is 1.01. The Bertz CT molecular complexity index is 521. The lowest BCUT2D eigenvalue weighted by atomic mass is 9.98. The number of hydrogen-bond acceptors (Lipinski definition) is 3. The highest BCUT2D eigenvalue weighted by Crippen LogP contribution is 2.22. The molecule has 18 heavy (non-hydrogen) atoms. The van der Waals surface area contributed by atoms with Crippen molar-refractivity contribution >= 4 is 10.8 Å². The van der Waals surface area contributed by atoms with E-state index in [2.05, 4.69) is 18.2 Å². The Morgan fingerprint density at radius 3 is 2.56 bits per heavy atom. The SMILES string of the molecule is COc1ccc2cc(CC(CN)CO)ccc2c1. The van der Waals surface area contributed by atoms with Crippen molar-refractivity contribution in [2.45, 2.75) is 6.42 Å². The maximum Gasteiger partial charge on any atom is 0.119 e. The van der Waals surface area contributed by atoms with Crippen molar-refractivity contribution in [1.82, 2.24) is 0 Å². The molecule has 2 aromatic rings. The fourth-order valence-corrected chi connectivity index (χ4v) is 2.08. The van der Waals surface area contributed by atoms with Crippen LogP contribution in [0.5, 0.6) is 5.75 Å². The van der Waals surface area contributed by atoms with Gasteiger partial charge in [0.2, 0.25) is 0 Å². The molecule has 0 amide bonds. The Labute approximate surface area is 107 Å². The number of hydrogen-bond donors (Lipinski definition) is 2. The third-order valence-electron chi connectivity index (χ3n) is 3.23. The molecular formula is C15H19NO2. The van der Waals surface area contributed by atoms with Crippen LogP contribution in [-0.4, -0.2) is 25.4 Å². The minimum atomic E-state index is 0.136. The lowest BCUT2D eigenvalue weighted by Gasteiger charge is -2.12. The van der Waals surface area contributed by atoms with Gasteiger partial charge in [-0.15, -0.1) is 0 Å². The summed E-state index contributed by atoms with van der Waals surface area (Å²) in [6, 6.07) is 12.3. The van der Waals surface area contributed by atoms with E-state index in [0.29, 0.717) is 6.54 Å². The van der Waals surface area contributed by atoms with Crippen LogP contribution in [0, 0.1) is 5.92 Å². The smallest absolute Gasteiger partial charge is 0.119 e. The van der Waals surface area contributed by atoms with Gasteiger partial charge in [-0.05, 0) is 47.4 Å². The fourth-order valence-electron chi connectivity index (χ4n) is 2.08. The summed E-state index contributed by atoms with van der Waals surface area (Å²) < 4.78 is 5.20. The summed E-state index contributed by atoms with van der Waals surface area (Å²) in [4.78, 5) is 0. The van der Waals surface area contributed by atoms with E-state index in [4.69, 9.17) is 10.5 Å². The number of ether oxygens (including phenoxy) is 1. The maximum atomic E-state index is 9.17. The minimum Gasteiger partial charge on any atom is -0.497 e. The van der Waals surface area contributed by atoms with Crippen molar-refractivity contribution in [3.8, 4) is 5.75 Å². The fraction of sp³-hybridized carbons (Fsp3) is 0.333. The Morgan fingerprint density at radius 1 is 1.17 bits per heavy atom. The van der Waals surface area contributed by atoms with Gasteiger partial charge >= 0.3 is 0 Å². The van der Waals surface area contributed by atoms with Gasteiger partial charge in [0.15, 0.2) is 0 Å². The number of benzene rings is 2. The second-order valence-electron chi connectivity index (χ2n) is 4.54. The van der Waals surface area contributed by atoms with Crippen molar-refractivity contribution in [1.29, 1.82) is 0 Å². The molecule has 0 fully saturated rings. The zero-order valence-electron chi connectivity index (χ0n) is 10.6. The Kier molecular flexibility index (Phi) is 4.18. The van der Waals surface area contributed by atoms with Gasteiger partial charge in [-0.2, -0.15) is 0 Å². The van der Waals surface area contributed by atoms with Crippen molar-refractivity contribution in [2.75, 3.05) is 20.3 Å². The van der Waals surface area contributed by atoms with Gasteiger partial charge in [0.05, 0.1) is 7.11 Å². The van der Waals surface area contributed by atoms with Crippen LogP contribution in [0.4, 0.5) is 0 Å². The molecule has 3 N–H and O–H groups in total. The number of methoxy groups -OCH3 is 1. The molecule has 0 aromatic heterocycles. The van der Waals surface area contributed by atoms with Crippen molar-refractivity contribution in [3.05, 3.63) is 42.0 Å². The summed E-state index contributed by atoms with van der Waals surface area (Å²) in [6.45, 7) is 0.647. The molecular weight excluding hydrogens is 226 g/mol. The molecule has 2 rings (SSSR count). The van der Waals surface area contributed by atoms with E-state index in [-0.39, 0.29) is 12.5 Å². The lowest BCUT2D eigenvalue weighted by Crippen LogP contribution is -2.20. The minimum absolute atomic E-state index is 0.136. The lowest BCUT2D eigenvalue weighted by molar-refractivity contribution is 0.230. The first-order valence-electron chi connectivity index (χ1n) is 6.14. The average Bonchev–Trinajstić information content (AvgIpc) is 2.44. The second-order valence-corrected chi connectivity index (χ2v) is 4.54. The van der Waals surface area contributed by atoms with Crippen molar-refractivity contribution in [3.63, 3.8) is 0 Å². The van der Waals surface area contributed by atoms with E-state index in [9.17, 15) is 5.11 Å². The quantitative estimate of drug-likeness (QED) is 0.846. The Balaban J connectivity index is 2.27. The van der Waals surface area contributed by atoms with Crippen LogP contribution in [-0.2, 0) is 6.42 Å². The highest BCUT2D eigenvalue weighted by molar-refractivity contribution is 5.84. The first-order chi connectivity index (χ1) is 8.76. The highest BCUT2D eigenvalue weighted by Gasteiger charge is 2.07. The first kappa shape index (κ1) is 12.9. The van der Waals surface area contributed by atoms with Gasteiger partial charge in [0.25, 0.3) is 0 Å². The molecule has 0 saturated carbocycles. The van der Waals surface area contributed by atoms with E-state index in [1.807, 2.05) is 18.2 Å². The van der Waals surface area contributed by atoms with E-state index in [0.717, 1.165) is 17.6 Å². The molecule has 0 aliphatic carbocycles. The zero-order chi connectivity index (χ0) is 13.0. The molecule has 0 aliphatic heterocycles. The molecule has 1 atom stereocenters. The van der Waals surface area contributed by atoms with Crippen molar-refractivity contribution < 1.29 is 9.84 Å². The van der Waals surface area contributed by atoms with Gasteiger partial charge in [-0.25, -0.2) is 0 Å². The molecule has 0 radical (unpaired) electrons. The zero-order valence-corrected chi connectivity index (χ0v) is 10.6. The van der Waals surface area contributed by atoms with Gasteiger partial charge < -0.3 is 15.6 Å². The molecule has 1 unspecified atom stereocenters. The second kappa shape index (κ2) is 5.85. The predicted octanol–water partition coefficient (Wildman–Crippen LogP) is 1.96. The molecule has 2 aromatic carbocycles. The van der Waals surface area contributed by atoms with E-state index >= 15 is 0 Å². The Morgan fingerprint density at radius 2 is 1.89 bits per heavy atom. The molecule has 0 heterocycles. The molecule has 96 valence electrons. The monoisotopic (exact) mass is 245 g/mol.